The second-order valence-corrected chi connectivity index (χ2v) is 9.02. The Bertz CT molecular complexity index is 925. The van der Waals surface area contributed by atoms with Crippen LogP contribution in [0, 0.1) is 5.92 Å². The molecule has 3 atom stereocenters. The number of pyridine rings is 1. The molecule has 2 aromatic rings. The van der Waals surface area contributed by atoms with E-state index in [1.165, 1.54) is 17.8 Å². The topological polar surface area (TPSA) is 71.4 Å². The first kappa shape index (κ1) is 19.3. The number of fused-ring (bicyclic) bond motifs is 4. The van der Waals surface area contributed by atoms with Crippen LogP contribution in [-0.2, 0) is 16.1 Å². The van der Waals surface area contributed by atoms with Crippen LogP contribution in [0.3, 0.4) is 0 Å². The third kappa shape index (κ3) is 3.63. The first-order valence-electron chi connectivity index (χ1n) is 9.35. The summed E-state index contributed by atoms with van der Waals surface area (Å²) in [5, 5.41) is 6.97. The molecule has 148 valence electrons. The number of likely N-dealkylation sites (tertiary alicyclic amines) is 1. The summed E-state index contributed by atoms with van der Waals surface area (Å²) < 4.78 is 1.66. The van der Waals surface area contributed by atoms with Crippen LogP contribution in [0.25, 0.3) is 0 Å². The quantitative estimate of drug-likeness (QED) is 0.809. The molecule has 6 nitrogen and oxygen atoms in total. The van der Waals surface area contributed by atoms with Gasteiger partial charge >= 0.3 is 0 Å². The molecule has 2 aromatic heterocycles. The molecule has 0 aliphatic carbocycles. The second-order valence-electron chi connectivity index (χ2n) is 7.38. The summed E-state index contributed by atoms with van der Waals surface area (Å²) in [6.45, 7) is 1.58. The number of aromatic nitrogens is 1. The molecule has 0 saturated carbocycles. The van der Waals surface area contributed by atoms with Crippen molar-refractivity contribution in [2.24, 2.45) is 5.92 Å². The van der Waals surface area contributed by atoms with Crippen LogP contribution in [-0.4, -0.2) is 46.4 Å². The fourth-order valence-corrected chi connectivity index (χ4v) is 5.47. The summed E-state index contributed by atoms with van der Waals surface area (Å²) in [5.74, 6) is 0.435. The molecule has 2 amide bonds. The van der Waals surface area contributed by atoms with E-state index in [-0.39, 0.29) is 29.2 Å². The van der Waals surface area contributed by atoms with Crippen molar-refractivity contribution in [3.8, 4) is 0 Å². The van der Waals surface area contributed by atoms with Gasteiger partial charge in [0, 0.05) is 43.2 Å². The number of hydrogen-bond acceptors (Lipinski definition) is 5. The Hall–Kier alpha value is -2.06. The Morgan fingerprint density at radius 2 is 2.14 bits per heavy atom. The SMILES string of the molecule is CSCC(=O)N1C[C@@H]2C[C@H](C1)[C@H](C(=O)NCc1ccsc1)n1c2cccc1=O. The van der Waals surface area contributed by atoms with Gasteiger partial charge in [-0.3, -0.25) is 19.0 Å². The molecule has 4 heterocycles. The third-order valence-electron chi connectivity index (χ3n) is 5.58. The molecule has 0 radical (unpaired) electrons. The number of nitrogens with zero attached hydrogens (tertiary/aromatic N) is 2. The highest BCUT2D eigenvalue weighted by atomic mass is 32.2. The summed E-state index contributed by atoms with van der Waals surface area (Å²) in [4.78, 5) is 40.2. The predicted octanol–water partition coefficient (Wildman–Crippen LogP) is 2.08. The van der Waals surface area contributed by atoms with Crippen molar-refractivity contribution in [3.63, 3.8) is 0 Å². The lowest BCUT2D eigenvalue weighted by Gasteiger charge is -2.46. The number of hydrogen-bond donors (Lipinski definition) is 1. The summed E-state index contributed by atoms with van der Waals surface area (Å²) >= 11 is 3.10. The van der Waals surface area contributed by atoms with Gasteiger partial charge in [0.1, 0.15) is 6.04 Å². The van der Waals surface area contributed by atoms with Gasteiger partial charge in [0.05, 0.1) is 5.75 Å². The van der Waals surface area contributed by atoms with Gasteiger partial charge in [-0.05, 0) is 41.1 Å². The Balaban J connectivity index is 1.64. The number of carbonyl (C=O) groups is 2. The van der Waals surface area contributed by atoms with Gasteiger partial charge in [0.2, 0.25) is 11.8 Å². The number of rotatable bonds is 5. The van der Waals surface area contributed by atoms with Gasteiger partial charge in [-0.1, -0.05) is 6.07 Å². The van der Waals surface area contributed by atoms with Gasteiger partial charge in [-0.25, -0.2) is 0 Å². The molecule has 2 aliphatic heterocycles. The van der Waals surface area contributed by atoms with E-state index in [1.54, 1.807) is 22.0 Å². The predicted molar refractivity (Wildman–Crippen MR) is 112 cm³/mol. The summed E-state index contributed by atoms with van der Waals surface area (Å²) in [7, 11) is 0. The van der Waals surface area contributed by atoms with Crippen LogP contribution in [0.4, 0.5) is 0 Å². The standard InChI is InChI=1S/C20H23N3O3S2/c1-27-12-18(25)22-9-14-7-15(10-22)19(23-16(14)3-2-4-17(23)24)20(26)21-8-13-5-6-28-11-13/h2-6,11,14-15,19H,7-10,12H2,1H3,(H,21,26)/t14-,15+,19+/m0/s1. The number of thiophene rings is 1. The van der Waals surface area contributed by atoms with E-state index in [9.17, 15) is 14.4 Å². The van der Waals surface area contributed by atoms with Crippen LogP contribution in [0.2, 0.25) is 0 Å². The Morgan fingerprint density at radius 1 is 1.29 bits per heavy atom. The molecule has 8 heteroatoms. The van der Waals surface area contributed by atoms with Gasteiger partial charge in [0.15, 0.2) is 0 Å². The van der Waals surface area contributed by atoms with E-state index in [4.69, 9.17) is 0 Å². The zero-order valence-corrected chi connectivity index (χ0v) is 17.3. The first-order valence-corrected chi connectivity index (χ1v) is 11.7. The molecule has 1 saturated heterocycles. The molecular formula is C20H23N3O3S2. The van der Waals surface area contributed by atoms with E-state index >= 15 is 0 Å². The van der Waals surface area contributed by atoms with Gasteiger partial charge in [0.25, 0.3) is 5.56 Å². The molecule has 1 N–H and O–H groups in total. The highest BCUT2D eigenvalue weighted by Crippen LogP contribution is 2.41. The second kappa shape index (κ2) is 8.13. The third-order valence-corrected chi connectivity index (χ3v) is 6.85. The summed E-state index contributed by atoms with van der Waals surface area (Å²) in [5.41, 5.74) is 1.76. The highest BCUT2D eigenvalue weighted by Gasteiger charge is 2.44. The average Bonchev–Trinajstić information content (AvgIpc) is 3.21. The lowest BCUT2D eigenvalue weighted by Crippen LogP contribution is -2.54. The molecular weight excluding hydrogens is 394 g/mol. The summed E-state index contributed by atoms with van der Waals surface area (Å²) in [6, 6.07) is 6.58. The molecule has 28 heavy (non-hydrogen) atoms. The molecule has 0 spiro atoms. The monoisotopic (exact) mass is 417 g/mol. The van der Waals surface area contributed by atoms with Crippen molar-refractivity contribution in [2.75, 3.05) is 25.1 Å². The van der Waals surface area contributed by atoms with Crippen LogP contribution in [0.1, 0.15) is 29.6 Å². The van der Waals surface area contributed by atoms with Crippen molar-refractivity contribution < 1.29 is 9.59 Å². The highest BCUT2D eigenvalue weighted by molar-refractivity contribution is 7.99. The fourth-order valence-electron chi connectivity index (χ4n) is 4.38. The maximum Gasteiger partial charge on any atom is 0.251 e. The fraction of sp³-hybridized carbons (Fsp3) is 0.450. The van der Waals surface area contributed by atoms with Crippen molar-refractivity contribution in [1.82, 2.24) is 14.8 Å². The average molecular weight is 418 g/mol. The van der Waals surface area contributed by atoms with E-state index in [1.807, 2.05) is 34.0 Å². The Kier molecular flexibility index (Phi) is 5.59. The van der Waals surface area contributed by atoms with Crippen molar-refractivity contribution in [3.05, 3.63) is 56.6 Å². The van der Waals surface area contributed by atoms with E-state index < -0.39 is 6.04 Å². The summed E-state index contributed by atoms with van der Waals surface area (Å²) in [6.07, 6.45) is 2.74. The zero-order chi connectivity index (χ0) is 19.7. The normalized spacial score (nSPS) is 23.2. The minimum absolute atomic E-state index is 0.0559. The molecule has 1 fully saturated rings. The number of amides is 2. The smallest absolute Gasteiger partial charge is 0.251 e. The molecule has 2 bridgehead atoms. The number of carbonyl (C=O) groups excluding carboxylic acids is 2. The minimum Gasteiger partial charge on any atom is -0.350 e. The molecule has 0 aromatic carbocycles. The van der Waals surface area contributed by atoms with Gasteiger partial charge < -0.3 is 10.2 Å². The number of thioether (sulfide) groups is 1. The first-order chi connectivity index (χ1) is 13.6. The lowest BCUT2D eigenvalue weighted by atomic mass is 9.78. The van der Waals surface area contributed by atoms with Crippen molar-refractivity contribution in [1.29, 1.82) is 0 Å². The van der Waals surface area contributed by atoms with Crippen LogP contribution >= 0.6 is 23.1 Å². The van der Waals surface area contributed by atoms with Gasteiger partial charge in [-0.15, -0.1) is 0 Å². The van der Waals surface area contributed by atoms with Crippen molar-refractivity contribution in [2.45, 2.75) is 24.9 Å². The minimum atomic E-state index is -0.580. The molecule has 4 rings (SSSR count). The van der Waals surface area contributed by atoms with Crippen LogP contribution < -0.4 is 10.9 Å². The van der Waals surface area contributed by atoms with E-state index in [0.717, 1.165) is 17.7 Å². The van der Waals surface area contributed by atoms with Crippen LogP contribution in [0.5, 0.6) is 0 Å². The maximum absolute atomic E-state index is 13.1. The Morgan fingerprint density at radius 3 is 2.89 bits per heavy atom. The van der Waals surface area contributed by atoms with E-state index in [0.29, 0.717) is 25.4 Å². The van der Waals surface area contributed by atoms with E-state index in [2.05, 4.69) is 5.32 Å². The van der Waals surface area contributed by atoms with Gasteiger partial charge in [-0.2, -0.15) is 23.1 Å². The van der Waals surface area contributed by atoms with Crippen molar-refractivity contribution >= 4 is 34.9 Å². The largest absolute Gasteiger partial charge is 0.350 e. The maximum atomic E-state index is 13.1. The molecule has 0 unspecified atom stereocenters. The van der Waals surface area contributed by atoms with Crippen LogP contribution in [0.15, 0.2) is 39.8 Å². The number of nitrogens with one attached hydrogen (secondary N) is 1. The Labute approximate surface area is 171 Å². The zero-order valence-electron chi connectivity index (χ0n) is 15.7. The molecule has 2 aliphatic rings. The lowest BCUT2D eigenvalue weighted by molar-refractivity contribution is -0.135. The number of piperidine rings is 1.